The van der Waals surface area contributed by atoms with Gasteiger partial charge in [-0.05, 0) is 16.0 Å². The largest absolute Gasteiger partial charge is 0.322 e. The fourth-order valence-electron chi connectivity index (χ4n) is 2.13. The highest BCUT2D eigenvalue weighted by Crippen LogP contribution is 2.15. The minimum atomic E-state index is 0.651. The van der Waals surface area contributed by atoms with Gasteiger partial charge in [0.25, 0.3) is 0 Å². The van der Waals surface area contributed by atoms with E-state index in [9.17, 15) is 0 Å². The Morgan fingerprint density at radius 2 is 1.84 bits per heavy atom. The van der Waals surface area contributed by atoms with Crippen molar-refractivity contribution >= 4 is 16.8 Å². The van der Waals surface area contributed by atoms with Crippen LogP contribution >= 0.6 is 0 Å². The van der Waals surface area contributed by atoms with Crippen LogP contribution in [0, 0.1) is 0 Å². The predicted octanol–water partition coefficient (Wildman–Crippen LogP) is 0.917. The van der Waals surface area contributed by atoms with Gasteiger partial charge in [0, 0.05) is 6.54 Å². The van der Waals surface area contributed by atoms with E-state index in [0.29, 0.717) is 17.8 Å². The van der Waals surface area contributed by atoms with Crippen molar-refractivity contribution in [3.8, 4) is 0 Å². The SMILES string of the molecule is c1ccc(Cn2cnc3ncn4nnnc4c32)cc1. The molecule has 7 heteroatoms. The fourth-order valence-corrected chi connectivity index (χ4v) is 2.13. The first-order valence-electron chi connectivity index (χ1n) is 5.83. The van der Waals surface area contributed by atoms with E-state index in [-0.39, 0.29) is 0 Å². The fraction of sp³-hybridized carbons (Fsp3) is 0.0833. The first-order valence-corrected chi connectivity index (χ1v) is 5.83. The number of aromatic nitrogens is 7. The molecule has 0 saturated carbocycles. The molecule has 0 aliphatic heterocycles. The van der Waals surface area contributed by atoms with Gasteiger partial charge < -0.3 is 4.57 Å². The van der Waals surface area contributed by atoms with E-state index in [1.165, 1.54) is 5.56 Å². The van der Waals surface area contributed by atoms with Gasteiger partial charge in [-0.1, -0.05) is 30.3 Å². The Bertz CT molecular complexity index is 846. The molecule has 7 nitrogen and oxygen atoms in total. The van der Waals surface area contributed by atoms with Crippen LogP contribution in [-0.4, -0.2) is 34.6 Å². The molecule has 0 radical (unpaired) electrons. The summed E-state index contributed by atoms with van der Waals surface area (Å²) in [6.45, 7) is 0.714. The second-order valence-electron chi connectivity index (χ2n) is 4.22. The van der Waals surface area contributed by atoms with Crippen LogP contribution in [0.15, 0.2) is 43.0 Å². The van der Waals surface area contributed by atoms with E-state index in [2.05, 4.69) is 37.6 Å². The Balaban J connectivity index is 1.92. The van der Waals surface area contributed by atoms with Crippen LogP contribution in [0.2, 0.25) is 0 Å². The van der Waals surface area contributed by atoms with Gasteiger partial charge in [0.15, 0.2) is 5.65 Å². The Morgan fingerprint density at radius 3 is 2.74 bits per heavy atom. The van der Waals surface area contributed by atoms with Gasteiger partial charge >= 0.3 is 0 Å². The quantitative estimate of drug-likeness (QED) is 0.529. The van der Waals surface area contributed by atoms with Crippen molar-refractivity contribution in [1.82, 2.24) is 34.6 Å². The minimum Gasteiger partial charge on any atom is -0.322 e. The van der Waals surface area contributed by atoms with Crippen molar-refractivity contribution in [1.29, 1.82) is 0 Å². The number of nitrogens with zero attached hydrogens (tertiary/aromatic N) is 7. The molecule has 3 aromatic heterocycles. The summed E-state index contributed by atoms with van der Waals surface area (Å²) >= 11 is 0. The van der Waals surface area contributed by atoms with Gasteiger partial charge in [-0.15, -0.1) is 5.10 Å². The van der Waals surface area contributed by atoms with Crippen LogP contribution in [0.1, 0.15) is 5.56 Å². The molecule has 0 fully saturated rings. The molecule has 0 spiro atoms. The summed E-state index contributed by atoms with van der Waals surface area (Å²) in [6.07, 6.45) is 3.33. The number of benzene rings is 1. The van der Waals surface area contributed by atoms with Crippen molar-refractivity contribution in [3.63, 3.8) is 0 Å². The number of fused-ring (bicyclic) bond motifs is 3. The Labute approximate surface area is 107 Å². The Morgan fingerprint density at radius 1 is 1.00 bits per heavy atom. The number of tetrazole rings is 1. The molecule has 19 heavy (non-hydrogen) atoms. The van der Waals surface area contributed by atoms with Crippen molar-refractivity contribution < 1.29 is 0 Å². The highest BCUT2D eigenvalue weighted by Gasteiger charge is 2.11. The topological polar surface area (TPSA) is 73.8 Å². The van der Waals surface area contributed by atoms with Crippen LogP contribution in [0.5, 0.6) is 0 Å². The monoisotopic (exact) mass is 251 g/mol. The molecular formula is C12H9N7. The molecule has 0 atom stereocenters. The minimum absolute atomic E-state index is 0.651. The number of rotatable bonds is 2. The summed E-state index contributed by atoms with van der Waals surface area (Å²) in [4.78, 5) is 8.52. The number of hydrogen-bond acceptors (Lipinski definition) is 5. The zero-order chi connectivity index (χ0) is 12.7. The van der Waals surface area contributed by atoms with Gasteiger partial charge in [0.2, 0.25) is 5.65 Å². The second kappa shape index (κ2) is 3.84. The summed E-state index contributed by atoms with van der Waals surface area (Å²) in [5, 5.41) is 11.5. The summed E-state index contributed by atoms with van der Waals surface area (Å²) in [5.41, 5.74) is 3.35. The normalized spacial score (nSPS) is 11.4. The summed E-state index contributed by atoms with van der Waals surface area (Å²) in [7, 11) is 0. The molecule has 0 aliphatic rings. The van der Waals surface area contributed by atoms with Crippen molar-refractivity contribution in [2.24, 2.45) is 0 Å². The van der Waals surface area contributed by atoms with Gasteiger partial charge in [-0.25, -0.2) is 9.97 Å². The lowest BCUT2D eigenvalue weighted by Crippen LogP contribution is -2.00. The predicted molar refractivity (Wildman–Crippen MR) is 67.4 cm³/mol. The summed E-state index contributed by atoms with van der Waals surface area (Å²) < 4.78 is 3.55. The van der Waals surface area contributed by atoms with Crippen molar-refractivity contribution in [2.45, 2.75) is 6.54 Å². The molecular weight excluding hydrogens is 242 g/mol. The lowest BCUT2D eigenvalue weighted by atomic mass is 10.2. The van der Waals surface area contributed by atoms with Gasteiger partial charge in [-0.3, -0.25) is 0 Å². The first-order chi connectivity index (χ1) is 9.42. The van der Waals surface area contributed by atoms with Crippen LogP contribution in [0.4, 0.5) is 0 Å². The molecule has 0 bridgehead atoms. The first kappa shape index (κ1) is 10.1. The Kier molecular flexibility index (Phi) is 2.05. The van der Waals surface area contributed by atoms with Crippen molar-refractivity contribution in [3.05, 3.63) is 48.5 Å². The van der Waals surface area contributed by atoms with E-state index in [0.717, 1.165) is 5.52 Å². The van der Waals surface area contributed by atoms with E-state index >= 15 is 0 Å². The molecule has 0 amide bonds. The summed E-state index contributed by atoms with van der Waals surface area (Å²) in [5.74, 6) is 0. The molecule has 0 saturated heterocycles. The number of hydrogen-bond donors (Lipinski definition) is 0. The third kappa shape index (κ3) is 1.55. The highest BCUT2D eigenvalue weighted by atomic mass is 15.5. The van der Waals surface area contributed by atoms with Gasteiger partial charge in [0.1, 0.15) is 11.8 Å². The van der Waals surface area contributed by atoms with Gasteiger partial charge in [-0.2, -0.15) is 4.52 Å². The standard InChI is InChI=1S/C12H9N7/c1-2-4-9(5-3-1)6-18-7-13-11-10(18)12-15-16-17-19(12)8-14-11/h1-5,7-8H,6H2. The molecule has 4 rings (SSSR count). The average Bonchev–Trinajstić information content (AvgIpc) is 3.06. The van der Waals surface area contributed by atoms with Crippen LogP contribution in [-0.2, 0) is 6.54 Å². The van der Waals surface area contributed by atoms with E-state index in [1.807, 2.05) is 22.8 Å². The number of imidazole rings is 1. The van der Waals surface area contributed by atoms with E-state index in [1.54, 1.807) is 17.2 Å². The summed E-state index contributed by atoms with van der Waals surface area (Å²) in [6, 6.07) is 10.2. The molecule has 0 unspecified atom stereocenters. The smallest absolute Gasteiger partial charge is 0.208 e. The van der Waals surface area contributed by atoms with E-state index < -0.39 is 0 Å². The zero-order valence-electron chi connectivity index (χ0n) is 9.88. The van der Waals surface area contributed by atoms with Crippen LogP contribution in [0.25, 0.3) is 16.8 Å². The molecule has 3 heterocycles. The zero-order valence-corrected chi connectivity index (χ0v) is 9.88. The molecule has 4 aromatic rings. The van der Waals surface area contributed by atoms with Gasteiger partial charge in [0.05, 0.1) is 6.33 Å². The van der Waals surface area contributed by atoms with Crippen LogP contribution < -0.4 is 0 Å². The maximum absolute atomic E-state index is 4.29. The molecule has 1 aromatic carbocycles. The maximum Gasteiger partial charge on any atom is 0.208 e. The third-order valence-corrected chi connectivity index (χ3v) is 3.01. The Hall–Kier alpha value is -2.83. The second-order valence-corrected chi connectivity index (χ2v) is 4.22. The van der Waals surface area contributed by atoms with E-state index in [4.69, 9.17) is 0 Å². The molecule has 0 aliphatic carbocycles. The average molecular weight is 251 g/mol. The lowest BCUT2D eigenvalue weighted by Gasteiger charge is -2.04. The highest BCUT2D eigenvalue weighted by molar-refractivity contribution is 5.84. The maximum atomic E-state index is 4.29. The third-order valence-electron chi connectivity index (χ3n) is 3.01. The lowest BCUT2D eigenvalue weighted by molar-refractivity contribution is 0.808. The molecule has 92 valence electrons. The molecule has 0 N–H and O–H groups in total. The van der Waals surface area contributed by atoms with Crippen LogP contribution in [0.3, 0.4) is 0 Å². The van der Waals surface area contributed by atoms with Crippen molar-refractivity contribution in [2.75, 3.05) is 0 Å².